The Morgan fingerprint density at radius 1 is 1.33 bits per heavy atom. The molecule has 0 saturated heterocycles. The van der Waals surface area contributed by atoms with Gasteiger partial charge >= 0.3 is 5.97 Å². The highest BCUT2D eigenvalue weighted by atomic mass is 16.5. The SMILES string of the molecule is CCCOC(=O)Cc1ccccc1OC. The van der Waals surface area contributed by atoms with Gasteiger partial charge in [-0.1, -0.05) is 25.1 Å². The molecule has 0 radical (unpaired) electrons. The molecule has 0 aliphatic carbocycles. The summed E-state index contributed by atoms with van der Waals surface area (Å²) in [5.74, 6) is 0.521. The van der Waals surface area contributed by atoms with Crippen molar-refractivity contribution < 1.29 is 14.3 Å². The molecule has 3 nitrogen and oxygen atoms in total. The lowest BCUT2D eigenvalue weighted by atomic mass is 10.1. The summed E-state index contributed by atoms with van der Waals surface area (Å²) in [6.07, 6.45) is 1.11. The number of hydrogen-bond acceptors (Lipinski definition) is 3. The molecule has 0 unspecified atom stereocenters. The van der Waals surface area contributed by atoms with Crippen LogP contribution in [-0.2, 0) is 16.0 Å². The molecule has 0 atom stereocenters. The zero-order valence-corrected chi connectivity index (χ0v) is 9.16. The summed E-state index contributed by atoms with van der Waals surface area (Å²) in [6, 6.07) is 7.46. The molecule has 82 valence electrons. The standard InChI is InChI=1S/C12H16O3/c1-3-8-15-12(13)9-10-6-4-5-7-11(10)14-2/h4-7H,3,8-9H2,1-2H3. The number of carbonyl (C=O) groups is 1. The quantitative estimate of drug-likeness (QED) is 0.696. The van der Waals surface area contributed by atoms with Crippen molar-refractivity contribution in [3.05, 3.63) is 29.8 Å². The van der Waals surface area contributed by atoms with E-state index in [2.05, 4.69) is 0 Å². The van der Waals surface area contributed by atoms with Crippen molar-refractivity contribution in [2.45, 2.75) is 19.8 Å². The zero-order chi connectivity index (χ0) is 11.1. The second-order valence-corrected chi connectivity index (χ2v) is 3.21. The molecule has 0 saturated carbocycles. The second kappa shape index (κ2) is 6.06. The van der Waals surface area contributed by atoms with Gasteiger partial charge in [0.2, 0.25) is 0 Å². The number of rotatable bonds is 5. The smallest absolute Gasteiger partial charge is 0.310 e. The molecule has 0 amide bonds. The number of para-hydroxylation sites is 1. The van der Waals surface area contributed by atoms with Crippen LogP contribution in [0.2, 0.25) is 0 Å². The minimum Gasteiger partial charge on any atom is -0.496 e. The molecule has 0 aromatic heterocycles. The fourth-order valence-corrected chi connectivity index (χ4v) is 1.27. The van der Waals surface area contributed by atoms with E-state index in [4.69, 9.17) is 9.47 Å². The van der Waals surface area contributed by atoms with Crippen LogP contribution in [0.5, 0.6) is 5.75 Å². The van der Waals surface area contributed by atoms with E-state index >= 15 is 0 Å². The molecule has 15 heavy (non-hydrogen) atoms. The molecule has 3 heteroatoms. The van der Waals surface area contributed by atoms with Crippen LogP contribution in [0.3, 0.4) is 0 Å². The number of esters is 1. The molecule has 0 N–H and O–H groups in total. The molecule has 0 aliphatic heterocycles. The Morgan fingerprint density at radius 2 is 2.07 bits per heavy atom. The highest BCUT2D eigenvalue weighted by Gasteiger charge is 2.08. The normalized spacial score (nSPS) is 9.73. The molecule has 0 spiro atoms. The van der Waals surface area contributed by atoms with Gasteiger partial charge in [0, 0.05) is 5.56 Å². The summed E-state index contributed by atoms with van der Waals surface area (Å²) in [5, 5.41) is 0. The third kappa shape index (κ3) is 3.62. The topological polar surface area (TPSA) is 35.5 Å². The van der Waals surface area contributed by atoms with Crippen LogP contribution in [0, 0.1) is 0 Å². The van der Waals surface area contributed by atoms with E-state index in [-0.39, 0.29) is 12.4 Å². The van der Waals surface area contributed by atoms with Crippen molar-refractivity contribution in [3.8, 4) is 5.75 Å². The maximum absolute atomic E-state index is 11.4. The van der Waals surface area contributed by atoms with Gasteiger partial charge in [0.05, 0.1) is 20.1 Å². The van der Waals surface area contributed by atoms with Crippen molar-refractivity contribution in [2.24, 2.45) is 0 Å². The van der Waals surface area contributed by atoms with Crippen molar-refractivity contribution in [1.29, 1.82) is 0 Å². The number of methoxy groups -OCH3 is 1. The lowest BCUT2D eigenvalue weighted by Gasteiger charge is -2.07. The molecule has 0 fully saturated rings. The Balaban J connectivity index is 2.59. The average molecular weight is 208 g/mol. The van der Waals surface area contributed by atoms with Crippen LogP contribution in [0.25, 0.3) is 0 Å². The second-order valence-electron chi connectivity index (χ2n) is 3.21. The first-order valence-electron chi connectivity index (χ1n) is 5.05. The minimum atomic E-state index is -0.207. The van der Waals surface area contributed by atoms with Crippen molar-refractivity contribution in [1.82, 2.24) is 0 Å². The first-order chi connectivity index (χ1) is 7.27. The third-order valence-electron chi connectivity index (χ3n) is 1.99. The van der Waals surface area contributed by atoms with Gasteiger partial charge in [-0.15, -0.1) is 0 Å². The Kier molecular flexibility index (Phi) is 4.68. The van der Waals surface area contributed by atoms with E-state index in [1.807, 2.05) is 31.2 Å². The van der Waals surface area contributed by atoms with Gasteiger partial charge in [-0.05, 0) is 12.5 Å². The molecule has 1 rings (SSSR count). The fourth-order valence-electron chi connectivity index (χ4n) is 1.27. The van der Waals surface area contributed by atoms with Crippen molar-refractivity contribution in [3.63, 3.8) is 0 Å². The summed E-state index contributed by atoms with van der Waals surface area (Å²) in [5.41, 5.74) is 0.862. The molecule has 0 aliphatic rings. The Bertz CT molecular complexity index is 320. The van der Waals surface area contributed by atoms with Gasteiger partial charge in [0.1, 0.15) is 5.75 Å². The number of hydrogen-bond donors (Lipinski definition) is 0. The lowest BCUT2D eigenvalue weighted by molar-refractivity contribution is -0.142. The molecule has 0 heterocycles. The van der Waals surface area contributed by atoms with E-state index in [1.54, 1.807) is 7.11 Å². The van der Waals surface area contributed by atoms with E-state index in [0.717, 1.165) is 17.7 Å². The largest absolute Gasteiger partial charge is 0.496 e. The van der Waals surface area contributed by atoms with Gasteiger partial charge < -0.3 is 9.47 Å². The zero-order valence-electron chi connectivity index (χ0n) is 9.16. The van der Waals surface area contributed by atoms with Crippen molar-refractivity contribution >= 4 is 5.97 Å². The number of ether oxygens (including phenoxy) is 2. The Hall–Kier alpha value is -1.51. The minimum absolute atomic E-state index is 0.207. The van der Waals surface area contributed by atoms with Crippen LogP contribution in [-0.4, -0.2) is 19.7 Å². The van der Waals surface area contributed by atoms with Crippen LogP contribution in [0.15, 0.2) is 24.3 Å². The van der Waals surface area contributed by atoms with Crippen LogP contribution >= 0.6 is 0 Å². The molecular formula is C12H16O3. The van der Waals surface area contributed by atoms with Crippen LogP contribution < -0.4 is 4.74 Å². The number of carbonyl (C=O) groups excluding carboxylic acids is 1. The van der Waals surface area contributed by atoms with E-state index in [1.165, 1.54) is 0 Å². The van der Waals surface area contributed by atoms with Crippen molar-refractivity contribution in [2.75, 3.05) is 13.7 Å². The van der Waals surface area contributed by atoms with Gasteiger partial charge in [-0.25, -0.2) is 0 Å². The van der Waals surface area contributed by atoms with E-state index in [9.17, 15) is 4.79 Å². The first kappa shape index (κ1) is 11.6. The Morgan fingerprint density at radius 3 is 2.73 bits per heavy atom. The summed E-state index contributed by atoms with van der Waals surface area (Å²) in [7, 11) is 1.59. The van der Waals surface area contributed by atoms with Gasteiger partial charge in [-0.3, -0.25) is 4.79 Å². The highest BCUT2D eigenvalue weighted by Crippen LogP contribution is 2.17. The predicted molar refractivity (Wildman–Crippen MR) is 57.9 cm³/mol. The monoisotopic (exact) mass is 208 g/mol. The third-order valence-corrected chi connectivity index (χ3v) is 1.99. The first-order valence-corrected chi connectivity index (χ1v) is 5.05. The average Bonchev–Trinajstić information content (AvgIpc) is 2.27. The maximum atomic E-state index is 11.4. The number of benzene rings is 1. The predicted octanol–water partition coefficient (Wildman–Crippen LogP) is 2.19. The molecule has 1 aromatic rings. The summed E-state index contributed by atoms with van der Waals surface area (Å²) in [4.78, 5) is 11.4. The summed E-state index contributed by atoms with van der Waals surface area (Å²) in [6.45, 7) is 2.45. The lowest BCUT2D eigenvalue weighted by Crippen LogP contribution is -2.09. The van der Waals surface area contributed by atoms with Crippen LogP contribution in [0.1, 0.15) is 18.9 Å². The van der Waals surface area contributed by atoms with Gasteiger partial charge in [-0.2, -0.15) is 0 Å². The summed E-state index contributed by atoms with van der Waals surface area (Å²) >= 11 is 0. The van der Waals surface area contributed by atoms with Gasteiger partial charge in [0.25, 0.3) is 0 Å². The summed E-state index contributed by atoms with van der Waals surface area (Å²) < 4.78 is 10.1. The molecule has 0 bridgehead atoms. The van der Waals surface area contributed by atoms with Crippen LogP contribution in [0.4, 0.5) is 0 Å². The molecule has 1 aromatic carbocycles. The highest BCUT2D eigenvalue weighted by molar-refractivity contribution is 5.73. The van der Waals surface area contributed by atoms with E-state index < -0.39 is 0 Å². The fraction of sp³-hybridized carbons (Fsp3) is 0.417. The molecular weight excluding hydrogens is 192 g/mol. The van der Waals surface area contributed by atoms with Gasteiger partial charge in [0.15, 0.2) is 0 Å². The van der Waals surface area contributed by atoms with E-state index in [0.29, 0.717) is 6.61 Å². The Labute approximate surface area is 90.0 Å². The maximum Gasteiger partial charge on any atom is 0.310 e.